The van der Waals surface area contributed by atoms with Crippen molar-refractivity contribution in [3.05, 3.63) is 99.2 Å². The van der Waals surface area contributed by atoms with Gasteiger partial charge >= 0.3 is 5.97 Å². The highest BCUT2D eigenvalue weighted by molar-refractivity contribution is 7.80. The summed E-state index contributed by atoms with van der Waals surface area (Å²) < 4.78 is 7.36. The van der Waals surface area contributed by atoms with Crippen molar-refractivity contribution >= 4 is 57.3 Å². The summed E-state index contributed by atoms with van der Waals surface area (Å²) >= 11 is 17.2. The van der Waals surface area contributed by atoms with E-state index in [0.29, 0.717) is 44.6 Å². The van der Waals surface area contributed by atoms with Gasteiger partial charge in [0.25, 0.3) is 0 Å². The van der Waals surface area contributed by atoms with E-state index < -0.39 is 5.97 Å². The van der Waals surface area contributed by atoms with Gasteiger partial charge < -0.3 is 20.1 Å². The number of nitrogens with zero attached hydrogens (tertiary/aromatic N) is 1. The third-order valence-corrected chi connectivity index (χ3v) is 6.13. The van der Waals surface area contributed by atoms with Crippen molar-refractivity contribution in [3.63, 3.8) is 0 Å². The molecule has 0 atom stereocenters. The minimum absolute atomic E-state index is 0.0881. The molecule has 0 radical (unpaired) electrons. The zero-order chi connectivity index (χ0) is 23.5. The molecule has 168 valence electrons. The van der Waals surface area contributed by atoms with Crippen LogP contribution in [0.1, 0.15) is 27.2 Å². The van der Waals surface area contributed by atoms with Crippen LogP contribution in [0.3, 0.4) is 0 Å². The molecule has 5 nitrogen and oxygen atoms in total. The van der Waals surface area contributed by atoms with Gasteiger partial charge in [0, 0.05) is 34.0 Å². The predicted molar refractivity (Wildman–Crippen MR) is 135 cm³/mol. The summed E-state index contributed by atoms with van der Waals surface area (Å²) in [4.78, 5) is 13.3. The minimum Gasteiger partial charge on any atom is -0.507 e. The second-order valence-electron chi connectivity index (χ2n) is 7.51. The number of fused-ring (bicyclic) bond motifs is 1. The maximum absolute atomic E-state index is 13.0. The molecule has 0 fully saturated rings. The Labute approximate surface area is 206 Å². The predicted octanol–water partition coefficient (Wildman–Crippen LogP) is 5.74. The van der Waals surface area contributed by atoms with Crippen LogP contribution in [-0.4, -0.2) is 27.2 Å². The first-order valence-electron chi connectivity index (χ1n) is 10.1. The van der Waals surface area contributed by atoms with Crippen molar-refractivity contribution in [2.75, 3.05) is 6.61 Å². The molecular weight excluding hydrogens is 479 g/mol. The van der Waals surface area contributed by atoms with E-state index in [2.05, 4.69) is 0 Å². The molecule has 4 aromatic rings. The van der Waals surface area contributed by atoms with Crippen LogP contribution in [0.5, 0.6) is 5.75 Å². The van der Waals surface area contributed by atoms with Gasteiger partial charge in [0.2, 0.25) is 0 Å². The number of nitrogens with two attached hydrogens (primary N) is 1. The highest BCUT2D eigenvalue weighted by Gasteiger charge is 2.19. The maximum Gasteiger partial charge on any atom is 0.355 e. The van der Waals surface area contributed by atoms with Gasteiger partial charge in [-0.2, -0.15) is 0 Å². The van der Waals surface area contributed by atoms with Crippen LogP contribution in [0.2, 0.25) is 10.0 Å². The van der Waals surface area contributed by atoms with E-state index >= 15 is 0 Å². The molecule has 3 aromatic carbocycles. The van der Waals surface area contributed by atoms with Crippen LogP contribution in [-0.2, 0) is 17.7 Å². The number of ether oxygens (including phenoxy) is 1. The lowest BCUT2D eigenvalue weighted by Crippen LogP contribution is -2.15. The van der Waals surface area contributed by atoms with Crippen molar-refractivity contribution in [1.29, 1.82) is 0 Å². The van der Waals surface area contributed by atoms with Crippen LogP contribution in [0.25, 0.3) is 10.9 Å². The molecular formula is C25H20Cl2N2O3S. The van der Waals surface area contributed by atoms with E-state index in [-0.39, 0.29) is 12.4 Å². The number of benzene rings is 3. The van der Waals surface area contributed by atoms with Gasteiger partial charge in [-0.25, -0.2) is 4.79 Å². The molecule has 4 rings (SSSR count). The number of carbonyl (C=O) groups excluding carboxylic acids is 1. The maximum atomic E-state index is 13.0. The zero-order valence-electron chi connectivity index (χ0n) is 17.4. The second-order valence-corrected chi connectivity index (χ2v) is 8.80. The van der Waals surface area contributed by atoms with E-state index in [1.165, 1.54) is 0 Å². The Kier molecular flexibility index (Phi) is 6.88. The van der Waals surface area contributed by atoms with Crippen LogP contribution in [0.15, 0.2) is 66.7 Å². The molecule has 0 unspecified atom stereocenters. The van der Waals surface area contributed by atoms with E-state index in [9.17, 15) is 9.90 Å². The number of rotatable bonds is 7. The average Bonchev–Trinajstić information content (AvgIpc) is 3.15. The molecule has 0 aliphatic rings. The average molecular weight is 499 g/mol. The summed E-state index contributed by atoms with van der Waals surface area (Å²) in [5, 5.41) is 12.0. The van der Waals surface area contributed by atoms with Crippen LogP contribution >= 0.6 is 35.4 Å². The number of carbonyl (C=O) groups is 1. The molecule has 0 bridgehead atoms. The third-order valence-electron chi connectivity index (χ3n) is 5.30. The SMILES string of the molecule is NC(=S)c1cccc(Cn2c(C(=O)OCCc3ccc(Cl)cc3Cl)cc3c(O)cccc32)c1. The van der Waals surface area contributed by atoms with Crippen molar-refractivity contribution in [2.24, 2.45) is 5.73 Å². The first-order chi connectivity index (χ1) is 15.8. The lowest BCUT2D eigenvalue weighted by atomic mass is 10.1. The van der Waals surface area contributed by atoms with Crippen molar-refractivity contribution in [2.45, 2.75) is 13.0 Å². The minimum atomic E-state index is -0.499. The summed E-state index contributed by atoms with van der Waals surface area (Å²) in [6.07, 6.45) is 0.448. The first kappa shape index (κ1) is 23.1. The highest BCUT2D eigenvalue weighted by Crippen LogP contribution is 2.29. The number of aromatic hydroxyl groups is 1. The molecule has 0 aliphatic carbocycles. The largest absolute Gasteiger partial charge is 0.507 e. The first-order valence-corrected chi connectivity index (χ1v) is 11.3. The van der Waals surface area contributed by atoms with E-state index in [4.69, 9.17) is 45.9 Å². The van der Waals surface area contributed by atoms with Gasteiger partial charge in [0.1, 0.15) is 16.4 Å². The number of aromatic nitrogens is 1. The van der Waals surface area contributed by atoms with Crippen LogP contribution in [0.4, 0.5) is 0 Å². The lowest BCUT2D eigenvalue weighted by molar-refractivity contribution is 0.0498. The lowest BCUT2D eigenvalue weighted by Gasteiger charge is -2.12. The molecule has 0 amide bonds. The van der Waals surface area contributed by atoms with Crippen molar-refractivity contribution in [3.8, 4) is 5.75 Å². The van der Waals surface area contributed by atoms with Gasteiger partial charge in [-0.1, -0.05) is 65.8 Å². The number of phenolic OH excluding ortho intramolecular Hbond substituents is 1. The molecule has 3 N–H and O–H groups in total. The Morgan fingerprint density at radius 2 is 1.85 bits per heavy atom. The van der Waals surface area contributed by atoms with Gasteiger partial charge in [0.05, 0.1) is 12.1 Å². The molecule has 0 saturated carbocycles. The summed E-state index contributed by atoms with van der Waals surface area (Å²) in [6.45, 7) is 0.515. The topological polar surface area (TPSA) is 77.5 Å². The Hall–Kier alpha value is -3.06. The Balaban J connectivity index is 1.61. The molecule has 0 saturated heterocycles. The summed E-state index contributed by atoms with van der Waals surface area (Å²) in [5.74, 6) is -0.411. The Morgan fingerprint density at radius 3 is 2.61 bits per heavy atom. The summed E-state index contributed by atoms with van der Waals surface area (Å²) in [5.41, 5.74) is 9.29. The fourth-order valence-corrected chi connectivity index (χ4v) is 4.30. The third kappa shape index (κ3) is 5.14. The van der Waals surface area contributed by atoms with Crippen LogP contribution < -0.4 is 5.73 Å². The molecule has 8 heteroatoms. The number of esters is 1. The quantitative estimate of drug-likeness (QED) is 0.251. The fourth-order valence-electron chi connectivity index (χ4n) is 3.67. The number of halogens is 2. The summed E-state index contributed by atoms with van der Waals surface area (Å²) in [7, 11) is 0. The number of hydrogen-bond acceptors (Lipinski definition) is 4. The zero-order valence-corrected chi connectivity index (χ0v) is 19.8. The Bertz CT molecular complexity index is 1370. The highest BCUT2D eigenvalue weighted by atomic mass is 35.5. The van der Waals surface area contributed by atoms with Crippen molar-refractivity contribution < 1.29 is 14.6 Å². The number of thiocarbonyl (C=S) groups is 1. The second kappa shape index (κ2) is 9.83. The van der Waals surface area contributed by atoms with E-state index in [1.807, 2.05) is 41.0 Å². The van der Waals surface area contributed by atoms with E-state index in [1.54, 1.807) is 30.3 Å². The normalized spacial score (nSPS) is 11.0. The molecule has 33 heavy (non-hydrogen) atoms. The van der Waals surface area contributed by atoms with Gasteiger partial charge in [-0.3, -0.25) is 0 Å². The molecule has 1 heterocycles. The van der Waals surface area contributed by atoms with Gasteiger partial charge in [0.15, 0.2) is 0 Å². The summed E-state index contributed by atoms with van der Waals surface area (Å²) in [6, 6.07) is 19.5. The smallest absolute Gasteiger partial charge is 0.355 e. The number of phenols is 1. The van der Waals surface area contributed by atoms with Crippen LogP contribution in [0, 0.1) is 0 Å². The van der Waals surface area contributed by atoms with E-state index in [0.717, 1.165) is 16.7 Å². The Morgan fingerprint density at radius 1 is 1.06 bits per heavy atom. The monoisotopic (exact) mass is 498 g/mol. The van der Waals surface area contributed by atoms with Gasteiger partial charge in [-0.05, 0) is 47.5 Å². The molecule has 1 aromatic heterocycles. The molecule has 0 aliphatic heterocycles. The standard InChI is InChI=1S/C25H20Cl2N2O3S/c26-18-8-7-16(20(27)12-18)9-10-32-25(31)22-13-19-21(5-2-6-23(19)30)29(22)14-15-3-1-4-17(11-15)24(28)33/h1-8,11-13,30H,9-10,14H2,(H2,28,33). The number of hydrogen-bond donors (Lipinski definition) is 2. The molecule has 0 spiro atoms. The fraction of sp³-hybridized carbons (Fsp3) is 0.120. The van der Waals surface area contributed by atoms with Crippen molar-refractivity contribution in [1.82, 2.24) is 4.57 Å². The van der Waals surface area contributed by atoms with Gasteiger partial charge in [-0.15, -0.1) is 0 Å².